The fraction of sp³-hybridized carbons (Fsp3) is 0.400. The molecule has 1 aliphatic heterocycles. The fourth-order valence-corrected chi connectivity index (χ4v) is 2.11. The molecule has 1 amide bonds. The van der Waals surface area contributed by atoms with Crippen LogP contribution in [-0.4, -0.2) is 36.8 Å². The van der Waals surface area contributed by atoms with Crippen molar-refractivity contribution < 1.29 is 23.8 Å². The van der Waals surface area contributed by atoms with Crippen LogP contribution in [0.25, 0.3) is 5.76 Å². The van der Waals surface area contributed by atoms with Gasteiger partial charge in [-0.2, -0.15) is 0 Å². The van der Waals surface area contributed by atoms with E-state index in [0.717, 1.165) is 12.8 Å². The molecule has 1 aliphatic carbocycles. The van der Waals surface area contributed by atoms with Gasteiger partial charge in [-0.25, -0.2) is 9.78 Å². The maximum absolute atomic E-state index is 11.8. The molecule has 116 valence electrons. The lowest BCUT2D eigenvalue weighted by Gasteiger charge is -2.26. The van der Waals surface area contributed by atoms with Gasteiger partial charge in [0.2, 0.25) is 12.1 Å². The average molecular weight is 304 g/mol. The van der Waals surface area contributed by atoms with Crippen molar-refractivity contribution in [2.75, 3.05) is 13.7 Å². The van der Waals surface area contributed by atoms with Crippen LogP contribution in [-0.2, 0) is 19.0 Å². The van der Waals surface area contributed by atoms with Crippen molar-refractivity contribution in [3.05, 3.63) is 35.8 Å². The molecule has 0 spiro atoms. The first-order chi connectivity index (χ1) is 10.7. The Morgan fingerprint density at radius 3 is 2.95 bits per heavy atom. The lowest BCUT2D eigenvalue weighted by molar-refractivity contribution is -0.126. The molecule has 1 aromatic heterocycles. The molecule has 0 aromatic carbocycles. The number of esters is 1. The number of amides is 1. The Morgan fingerprint density at radius 2 is 2.23 bits per heavy atom. The van der Waals surface area contributed by atoms with Gasteiger partial charge in [-0.05, 0) is 25.0 Å². The van der Waals surface area contributed by atoms with Crippen molar-refractivity contribution in [1.82, 2.24) is 10.3 Å². The summed E-state index contributed by atoms with van der Waals surface area (Å²) >= 11 is 0. The molecule has 1 aromatic rings. The number of carbonyl (C=O) groups excluding carboxylic acids is 2. The van der Waals surface area contributed by atoms with Crippen LogP contribution < -0.4 is 5.32 Å². The minimum Gasteiger partial charge on any atom is -0.491 e. The normalized spacial score (nSPS) is 20.2. The van der Waals surface area contributed by atoms with Crippen molar-refractivity contribution in [3.63, 3.8) is 0 Å². The molecule has 7 nitrogen and oxygen atoms in total. The first-order valence-electron chi connectivity index (χ1n) is 7.01. The predicted molar refractivity (Wildman–Crippen MR) is 75.2 cm³/mol. The van der Waals surface area contributed by atoms with E-state index in [0.29, 0.717) is 11.3 Å². The maximum Gasteiger partial charge on any atom is 0.357 e. The Kier molecular flexibility index (Phi) is 3.95. The Bertz CT molecular complexity index is 624. The summed E-state index contributed by atoms with van der Waals surface area (Å²) in [5.74, 6) is -0.179. The zero-order valence-corrected chi connectivity index (χ0v) is 12.1. The third kappa shape index (κ3) is 3.03. The summed E-state index contributed by atoms with van der Waals surface area (Å²) in [5, 5.41) is 2.78. The van der Waals surface area contributed by atoms with Gasteiger partial charge in [0, 0.05) is 12.1 Å². The van der Waals surface area contributed by atoms with Gasteiger partial charge in [0.15, 0.2) is 11.5 Å². The number of pyridine rings is 1. The maximum atomic E-state index is 11.8. The number of hydrogen-bond donors (Lipinski definition) is 1. The summed E-state index contributed by atoms with van der Waals surface area (Å²) in [5.41, 5.74) is 0.591. The van der Waals surface area contributed by atoms with Gasteiger partial charge in [0.05, 0.1) is 12.7 Å². The van der Waals surface area contributed by atoms with E-state index in [2.05, 4.69) is 10.3 Å². The van der Waals surface area contributed by atoms with Crippen LogP contribution in [0.1, 0.15) is 28.9 Å². The molecule has 0 bridgehead atoms. The number of ether oxygens (including phenoxy) is 3. The first kappa shape index (κ1) is 14.4. The van der Waals surface area contributed by atoms with Gasteiger partial charge in [0.25, 0.3) is 0 Å². The monoisotopic (exact) mass is 304 g/mol. The van der Waals surface area contributed by atoms with Gasteiger partial charge in [0.1, 0.15) is 12.9 Å². The van der Waals surface area contributed by atoms with Crippen LogP contribution in [0.5, 0.6) is 0 Å². The van der Waals surface area contributed by atoms with Crippen LogP contribution in [0.15, 0.2) is 24.6 Å². The van der Waals surface area contributed by atoms with E-state index >= 15 is 0 Å². The van der Waals surface area contributed by atoms with Crippen LogP contribution in [0.2, 0.25) is 0 Å². The van der Waals surface area contributed by atoms with Crippen molar-refractivity contribution in [3.8, 4) is 0 Å². The Morgan fingerprint density at radius 1 is 1.41 bits per heavy atom. The van der Waals surface area contributed by atoms with E-state index in [4.69, 9.17) is 14.2 Å². The molecule has 2 aliphatic rings. The van der Waals surface area contributed by atoms with E-state index in [1.165, 1.54) is 19.6 Å². The van der Waals surface area contributed by atoms with Gasteiger partial charge in [-0.1, -0.05) is 0 Å². The second-order valence-corrected chi connectivity index (χ2v) is 5.10. The summed E-state index contributed by atoms with van der Waals surface area (Å²) < 4.78 is 15.8. The summed E-state index contributed by atoms with van der Waals surface area (Å²) in [6.45, 7) is 0.218. The highest BCUT2D eigenvalue weighted by Crippen LogP contribution is 2.29. The highest BCUT2D eigenvalue weighted by molar-refractivity contribution is 5.92. The van der Waals surface area contributed by atoms with Crippen molar-refractivity contribution in [1.29, 1.82) is 0 Å². The molecule has 1 fully saturated rings. The molecule has 0 saturated heterocycles. The van der Waals surface area contributed by atoms with Crippen molar-refractivity contribution in [2.24, 2.45) is 5.92 Å². The number of methoxy groups -OCH3 is 1. The summed E-state index contributed by atoms with van der Waals surface area (Å²) in [4.78, 5) is 27.6. The SMILES string of the molecule is COC(=O)c1ncccc1C1=COCC(NC(=O)C2CC2)O1. The lowest BCUT2D eigenvalue weighted by atomic mass is 10.1. The van der Waals surface area contributed by atoms with E-state index < -0.39 is 12.2 Å². The Labute approximate surface area is 127 Å². The van der Waals surface area contributed by atoms with E-state index in [-0.39, 0.29) is 24.1 Å². The van der Waals surface area contributed by atoms with E-state index in [1.54, 1.807) is 12.1 Å². The number of nitrogens with zero attached hydrogens (tertiary/aromatic N) is 1. The van der Waals surface area contributed by atoms with E-state index in [1.807, 2.05) is 0 Å². The Balaban J connectivity index is 1.75. The van der Waals surface area contributed by atoms with Gasteiger partial charge in [-0.3, -0.25) is 4.79 Å². The van der Waals surface area contributed by atoms with Gasteiger partial charge >= 0.3 is 5.97 Å². The highest BCUT2D eigenvalue weighted by atomic mass is 16.6. The third-order valence-electron chi connectivity index (χ3n) is 3.41. The number of aromatic nitrogens is 1. The summed E-state index contributed by atoms with van der Waals surface area (Å²) in [6.07, 6.45) is 4.14. The molecule has 0 radical (unpaired) electrons. The quantitative estimate of drug-likeness (QED) is 0.837. The van der Waals surface area contributed by atoms with Crippen LogP contribution >= 0.6 is 0 Å². The predicted octanol–water partition coefficient (Wildman–Crippen LogP) is 1.07. The first-order valence-corrected chi connectivity index (χ1v) is 7.01. The molecule has 1 unspecified atom stereocenters. The Hall–Kier alpha value is -2.57. The molecule has 3 rings (SSSR count). The highest BCUT2D eigenvalue weighted by Gasteiger charge is 2.32. The minimum absolute atomic E-state index is 0.0331. The summed E-state index contributed by atoms with van der Waals surface area (Å²) in [6, 6.07) is 3.36. The average Bonchev–Trinajstić information content (AvgIpc) is 3.39. The van der Waals surface area contributed by atoms with Crippen LogP contribution in [0.4, 0.5) is 0 Å². The molecular formula is C15H16N2O5. The number of nitrogens with one attached hydrogen (secondary N) is 1. The summed E-state index contributed by atoms with van der Waals surface area (Å²) in [7, 11) is 1.28. The van der Waals surface area contributed by atoms with Gasteiger partial charge < -0.3 is 19.5 Å². The zero-order valence-electron chi connectivity index (χ0n) is 12.1. The second-order valence-electron chi connectivity index (χ2n) is 5.10. The van der Waals surface area contributed by atoms with Crippen LogP contribution in [0, 0.1) is 5.92 Å². The molecule has 2 heterocycles. The van der Waals surface area contributed by atoms with Crippen LogP contribution in [0.3, 0.4) is 0 Å². The minimum atomic E-state index is -0.584. The zero-order chi connectivity index (χ0) is 15.5. The second kappa shape index (κ2) is 6.05. The standard InChI is InChI=1S/C15H16N2O5/c1-20-15(19)13-10(3-2-6-16-13)11-7-21-8-12(22-11)17-14(18)9-4-5-9/h2-3,6-7,9,12H,4-5,8H2,1H3,(H,17,18). The molecular weight excluding hydrogens is 288 g/mol. The third-order valence-corrected chi connectivity index (χ3v) is 3.41. The molecule has 7 heteroatoms. The van der Waals surface area contributed by atoms with Crippen molar-refractivity contribution in [2.45, 2.75) is 19.1 Å². The number of rotatable bonds is 4. The van der Waals surface area contributed by atoms with Gasteiger partial charge in [-0.15, -0.1) is 0 Å². The fourth-order valence-electron chi connectivity index (χ4n) is 2.11. The topological polar surface area (TPSA) is 86.8 Å². The number of hydrogen-bond acceptors (Lipinski definition) is 6. The largest absolute Gasteiger partial charge is 0.491 e. The lowest BCUT2D eigenvalue weighted by Crippen LogP contribution is -2.41. The molecule has 1 N–H and O–H groups in total. The van der Waals surface area contributed by atoms with E-state index in [9.17, 15) is 9.59 Å². The number of carbonyl (C=O) groups is 2. The smallest absolute Gasteiger partial charge is 0.357 e. The van der Waals surface area contributed by atoms with Crippen molar-refractivity contribution >= 4 is 17.6 Å². The molecule has 22 heavy (non-hydrogen) atoms. The molecule has 1 saturated carbocycles. The molecule has 1 atom stereocenters.